The zero-order chi connectivity index (χ0) is 23.0. The Morgan fingerprint density at radius 1 is 1.31 bits per heavy atom. The third-order valence-electron chi connectivity index (χ3n) is 5.09. The molecule has 0 bridgehead atoms. The van der Waals surface area contributed by atoms with Gasteiger partial charge in [0.15, 0.2) is 0 Å². The minimum atomic E-state index is -2.94. The van der Waals surface area contributed by atoms with Crippen molar-refractivity contribution in [2.75, 3.05) is 6.61 Å². The number of carbonyl (C=O) groups excluding carboxylic acids is 1. The van der Waals surface area contributed by atoms with Crippen LogP contribution < -0.4 is 10.1 Å². The molecular weight excluding hydrogens is 461 g/mol. The molecule has 0 saturated heterocycles. The van der Waals surface area contributed by atoms with Crippen LogP contribution in [-0.4, -0.2) is 39.5 Å². The first-order chi connectivity index (χ1) is 15.1. The van der Waals surface area contributed by atoms with Gasteiger partial charge in [-0.3, -0.25) is 0 Å². The molecule has 1 aromatic carbocycles. The lowest BCUT2D eigenvalue weighted by Crippen LogP contribution is -2.37. The van der Waals surface area contributed by atoms with Crippen molar-refractivity contribution in [3.8, 4) is 17.0 Å². The number of halogens is 4. The monoisotopic (exact) mass is 482 g/mol. The van der Waals surface area contributed by atoms with Gasteiger partial charge in [-0.25, -0.2) is 23.5 Å². The fourth-order valence-corrected chi connectivity index (χ4v) is 4.07. The highest BCUT2D eigenvalue weighted by molar-refractivity contribution is 6.37. The number of aromatic nitrogens is 2. The van der Waals surface area contributed by atoms with Crippen LogP contribution in [0.2, 0.25) is 10.0 Å². The maximum Gasteiger partial charge on any atom is 0.318 e. The topological polar surface area (TPSA) is 67.4 Å². The number of ether oxygens (including phenoxy) is 1. The molecule has 2 heterocycles. The smallest absolute Gasteiger partial charge is 0.318 e. The Morgan fingerprint density at radius 3 is 2.75 bits per heavy atom. The summed E-state index contributed by atoms with van der Waals surface area (Å²) in [6, 6.07) is 3.24. The van der Waals surface area contributed by atoms with Crippen LogP contribution in [0.3, 0.4) is 0 Å². The molecule has 1 aromatic heterocycles. The Kier molecular flexibility index (Phi) is 6.27. The summed E-state index contributed by atoms with van der Waals surface area (Å²) in [5, 5.41) is 3.63. The Hall–Kier alpha value is -2.45. The van der Waals surface area contributed by atoms with Crippen molar-refractivity contribution in [2.24, 2.45) is 0 Å². The van der Waals surface area contributed by atoms with Crippen LogP contribution in [0.4, 0.5) is 13.6 Å². The van der Waals surface area contributed by atoms with Crippen molar-refractivity contribution in [1.29, 1.82) is 0 Å². The number of fused-ring (bicyclic) bond motifs is 1. The van der Waals surface area contributed by atoms with Gasteiger partial charge in [-0.1, -0.05) is 23.2 Å². The summed E-state index contributed by atoms with van der Waals surface area (Å²) in [5.41, 5.74) is 2.53. The van der Waals surface area contributed by atoms with Gasteiger partial charge in [-0.05, 0) is 44.1 Å². The number of nitrogens with zero attached hydrogens (tertiary/aromatic N) is 3. The highest BCUT2D eigenvalue weighted by Gasteiger charge is 2.33. The number of hydrogen-bond donors (Lipinski definition) is 1. The van der Waals surface area contributed by atoms with Crippen LogP contribution >= 0.6 is 23.2 Å². The van der Waals surface area contributed by atoms with Crippen LogP contribution in [0.1, 0.15) is 36.8 Å². The lowest BCUT2D eigenvalue weighted by atomic mass is 10.0. The van der Waals surface area contributed by atoms with E-state index in [0.29, 0.717) is 46.0 Å². The third-order valence-corrected chi connectivity index (χ3v) is 5.60. The molecular formula is C22H22Cl2F2N4O2. The molecule has 2 amide bonds. The number of amides is 2. The molecule has 1 aliphatic heterocycles. The number of alkyl halides is 2. The maximum absolute atomic E-state index is 13.1. The lowest BCUT2D eigenvalue weighted by molar-refractivity contribution is 0.0768. The van der Waals surface area contributed by atoms with E-state index in [1.165, 1.54) is 6.08 Å². The van der Waals surface area contributed by atoms with E-state index < -0.39 is 5.92 Å². The van der Waals surface area contributed by atoms with Crippen molar-refractivity contribution < 1.29 is 18.3 Å². The van der Waals surface area contributed by atoms with Crippen LogP contribution in [0, 0.1) is 6.92 Å². The number of carbonyl (C=O) groups is 1. The summed E-state index contributed by atoms with van der Waals surface area (Å²) < 4.78 is 31.9. The maximum atomic E-state index is 13.1. The van der Waals surface area contributed by atoms with E-state index >= 15 is 0 Å². The molecule has 1 fully saturated rings. The predicted molar refractivity (Wildman–Crippen MR) is 118 cm³/mol. The Labute approximate surface area is 194 Å². The highest BCUT2D eigenvalue weighted by Crippen LogP contribution is 2.42. The SMILES string of the molecule is Cc1nc2c(c(-c3c(Cl)cc(Cl)cc3OC/C=C/C(C)(F)F)n1)CN(C(=O)NC1CC1)C2. The molecule has 2 aromatic rings. The molecule has 10 heteroatoms. The second kappa shape index (κ2) is 8.83. The van der Waals surface area contributed by atoms with Crippen molar-refractivity contribution in [1.82, 2.24) is 20.2 Å². The summed E-state index contributed by atoms with van der Waals surface area (Å²) in [5.74, 6) is -2.11. The normalized spacial score (nSPS) is 15.9. The van der Waals surface area contributed by atoms with Gasteiger partial charge >= 0.3 is 6.03 Å². The fraction of sp³-hybridized carbons (Fsp3) is 0.409. The first-order valence-electron chi connectivity index (χ1n) is 10.2. The first kappa shape index (κ1) is 22.7. The molecule has 6 nitrogen and oxygen atoms in total. The van der Waals surface area contributed by atoms with E-state index in [1.807, 2.05) is 0 Å². The molecule has 2 aliphatic rings. The van der Waals surface area contributed by atoms with Gasteiger partial charge in [0.25, 0.3) is 5.92 Å². The van der Waals surface area contributed by atoms with Gasteiger partial charge < -0.3 is 15.0 Å². The number of urea groups is 1. The fourth-order valence-electron chi connectivity index (χ4n) is 3.51. The number of benzene rings is 1. The second-order valence-corrected chi connectivity index (χ2v) is 8.90. The predicted octanol–water partition coefficient (Wildman–Crippen LogP) is 5.54. The molecule has 170 valence electrons. The molecule has 4 rings (SSSR count). The van der Waals surface area contributed by atoms with Gasteiger partial charge in [-0.15, -0.1) is 0 Å². The van der Waals surface area contributed by atoms with E-state index in [4.69, 9.17) is 27.9 Å². The van der Waals surface area contributed by atoms with E-state index in [0.717, 1.165) is 37.1 Å². The van der Waals surface area contributed by atoms with Gasteiger partial charge in [0.2, 0.25) is 0 Å². The van der Waals surface area contributed by atoms with E-state index in [2.05, 4.69) is 15.3 Å². The van der Waals surface area contributed by atoms with Gasteiger partial charge in [0, 0.05) is 23.6 Å². The van der Waals surface area contributed by atoms with E-state index in [-0.39, 0.29) is 18.7 Å². The van der Waals surface area contributed by atoms with Gasteiger partial charge in [0.1, 0.15) is 18.2 Å². The number of nitrogens with one attached hydrogen (secondary N) is 1. The van der Waals surface area contributed by atoms with Crippen LogP contribution in [0.5, 0.6) is 5.75 Å². The zero-order valence-electron chi connectivity index (χ0n) is 17.6. The standard InChI is InChI=1S/C22H22Cl2F2N4O2/c1-12-27-17-11-30(21(31)29-14-4-5-14)10-15(17)20(28-12)19-16(24)8-13(23)9-18(19)32-7-3-6-22(2,25)26/h3,6,8-9,14H,4-5,7,10-11H2,1-2H3,(H,29,31)/b6-3+. The number of allylic oxidation sites excluding steroid dienone is 1. The zero-order valence-corrected chi connectivity index (χ0v) is 19.1. The average Bonchev–Trinajstić information content (AvgIpc) is 3.39. The van der Waals surface area contributed by atoms with Crippen LogP contribution in [-0.2, 0) is 13.1 Å². The van der Waals surface area contributed by atoms with Gasteiger partial charge in [-0.2, -0.15) is 0 Å². The highest BCUT2D eigenvalue weighted by atomic mass is 35.5. The quantitative estimate of drug-likeness (QED) is 0.549. The molecule has 1 N–H and O–H groups in total. The lowest BCUT2D eigenvalue weighted by Gasteiger charge is -2.17. The Morgan fingerprint density at radius 2 is 2.06 bits per heavy atom. The van der Waals surface area contributed by atoms with Crippen molar-refractivity contribution >= 4 is 29.2 Å². The van der Waals surface area contributed by atoms with Gasteiger partial charge in [0.05, 0.1) is 35.1 Å². The van der Waals surface area contributed by atoms with Crippen LogP contribution in [0.25, 0.3) is 11.3 Å². The summed E-state index contributed by atoms with van der Waals surface area (Å²) >= 11 is 12.7. The molecule has 0 spiro atoms. The summed E-state index contributed by atoms with van der Waals surface area (Å²) in [7, 11) is 0. The summed E-state index contributed by atoms with van der Waals surface area (Å²) in [6.07, 6.45) is 3.99. The largest absolute Gasteiger partial charge is 0.489 e. The number of hydrogen-bond acceptors (Lipinski definition) is 4. The van der Waals surface area contributed by atoms with Crippen molar-refractivity contribution in [3.63, 3.8) is 0 Å². The molecule has 1 aliphatic carbocycles. The minimum Gasteiger partial charge on any atom is -0.489 e. The number of aryl methyl sites for hydroxylation is 1. The Balaban J connectivity index is 1.67. The minimum absolute atomic E-state index is 0.102. The summed E-state index contributed by atoms with van der Waals surface area (Å²) in [6.45, 7) is 3.13. The van der Waals surface area contributed by atoms with Crippen LogP contribution in [0.15, 0.2) is 24.3 Å². The van der Waals surface area contributed by atoms with E-state index in [1.54, 1.807) is 24.0 Å². The first-order valence-corrected chi connectivity index (χ1v) is 11.0. The molecule has 0 atom stereocenters. The Bertz CT molecular complexity index is 1080. The van der Waals surface area contributed by atoms with Crippen molar-refractivity contribution in [3.05, 3.63) is 51.4 Å². The molecule has 0 unspecified atom stereocenters. The second-order valence-electron chi connectivity index (χ2n) is 8.05. The van der Waals surface area contributed by atoms with E-state index in [9.17, 15) is 13.6 Å². The average molecular weight is 483 g/mol. The third kappa shape index (κ3) is 5.30. The number of rotatable bonds is 6. The molecule has 0 radical (unpaired) electrons. The molecule has 1 saturated carbocycles. The van der Waals surface area contributed by atoms with Crippen molar-refractivity contribution in [2.45, 2.75) is 51.7 Å². The molecule has 32 heavy (non-hydrogen) atoms. The summed E-state index contributed by atoms with van der Waals surface area (Å²) in [4.78, 5) is 23.3.